The molecule has 0 fully saturated rings. The molecule has 128 valence electrons. The fourth-order valence-electron chi connectivity index (χ4n) is 1.69. The fraction of sp³-hybridized carbons (Fsp3) is 0.133. The highest BCUT2D eigenvalue weighted by atomic mass is 127. The quantitative estimate of drug-likeness (QED) is 0.261. The molecule has 2 N–H and O–H groups in total. The molecule has 0 aliphatic rings. The van der Waals surface area contributed by atoms with Crippen LogP contribution in [0.2, 0.25) is 0 Å². The zero-order valence-electron chi connectivity index (χ0n) is 11.9. The Morgan fingerprint density at radius 2 is 1.29 bits per heavy atom. The molecule has 5 nitrogen and oxygen atoms in total. The van der Waals surface area contributed by atoms with Crippen molar-refractivity contribution < 1.29 is 24.5 Å². The fourth-order valence-corrected chi connectivity index (χ4v) is 5.17. The Kier molecular flexibility index (Phi) is 7.92. The highest BCUT2D eigenvalue weighted by Crippen LogP contribution is 2.30. The van der Waals surface area contributed by atoms with Gasteiger partial charge in [-0.15, -0.1) is 0 Å². The molecule has 9 heteroatoms. The Labute approximate surface area is 193 Å². The van der Waals surface area contributed by atoms with E-state index in [9.17, 15) is 15.0 Å². The molecule has 2 rings (SSSR count). The Morgan fingerprint density at radius 1 is 0.833 bits per heavy atom. The number of carbonyl (C=O) groups is 1. The number of rotatable bonds is 5. The van der Waals surface area contributed by atoms with Crippen LogP contribution in [0.3, 0.4) is 0 Å². The smallest absolute Gasteiger partial charge is 0.338 e. The van der Waals surface area contributed by atoms with Gasteiger partial charge in [-0.05, 0) is 115 Å². The van der Waals surface area contributed by atoms with E-state index in [1.165, 1.54) is 0 Å². The van der Waals surface area contributed by atoms with Crippen LogP contribution in [0.4, 0.5) is 0 Å². The summed E-state index contributed by atoms with van der Waals surface area (Å²) >= 11 is 7.97. The molecule has 0 saturated carbocycles. The maximum atomic E-state index is 12.0. The first-order chi connectivity index (χ1) is 11.3. The number of hydrogen-bond acceptors (Lipinski definition) is 5. The molecule has 0 heterocycles. The summed E-state index contributed by atoms with van der Waals surface area (Å²) in [5.41, 5.74) is 0.385. The molecular formula is C15H10I4O5. The summed E-state index contributed by atoms with van der Waals surface area (Å²) in [4.78, 5) is 12.0. The molecule has 2 aromatic rings. The second kappa shape index (κ2) is 9.25. The third kappa shape index (κ3) is 5.36. The number of aromatic hydroxyl groups is 2. The van der Waals surface area contributed by atoms with Gasteiger partial charge in [-0.2, -0.15) is 0 Å². The molecule has 0 aliphatic heterocycles. The topological polar surface area (TPSA) is 76.0 Å². The van der Waals surface area contributed by atoms with Gasteiger partial charge in [-0.3, -0.25) is 0 Å². The van der Waals surface area contributed by atoms with Crippen LogP contribution in [0, 0.1) is 14.3 Å². The van der Waals surface area contributed by atoms with E-state index in [0.717, 1.165) is 0 Å². The van der Waals surface area contributed by atoms with Gasteiger partial charge in [0.1, 0.15) is 30.5 Å². The number of benzene rings is 2. The summed E-state index contributed by atoms with van der Waals surface area (Å²) in [6, 6.07) is 6.58. The van der Waals surface area contributed by atoms with Crippen LogP contribution in [0.25, 0.3) is 0 Å². The van der Waals surface area contributed by atoms with Crippen LogP contribution in [0.5, 0.6) is 17.2 Å². The zero-order chi connectivity index (χ0) is 17.9. The van der Waals surface area contributed by atoms with Crippen molar-refractivity contribution >= 4 is 96.3 Å². The number of hydrogen-bond donors (Lipinski definition) is 2. The SMILES string of the molecule is O=C(OCCOc1cc(I)c(O)c(I)c1)c1cc(I)c(O)c(I)c1. The molecule has 0 aromatic heterocycles. The minimum Gasteiger partial charge on any atom is -0.506 e. The van der Waals surface area contributed by atoms with Gasteiger partial charge in [-0.1, -0.05) is 0 Å². The average Bonchev–Trinajstić information content (AvgIpc) is 2.53. The first-order valence-corrected chi connectivity index (χ1v) is 10.8. The molecule has 0 spiro atoms. The van der Waals surface area contributed by atoms with Crippen molar-refractivity contribution in [2.24, 2.45) is 0 Å². The summed E-state index contributed by atoms with van der Waals surface area (Å²) in [5, 5.41) is 19.4. The van der Waals surface area contributed by atoms with E-state index >= 15 is 0 Å². The second-order valence-electron chi connectivity index (χ2n) is 4.51. The van der Waals surface area contributed by atoms with Crippen LogP contribution in [-0.4, -0.2) is 29.4 Å². The van der Waals surface area contributed by atoms with Crippen molar-refractivity contribution in [2.75, 3.05) is 13.2 Å². The first kappa shape index (κ1) is 20.5. The van der Waals surface area contributed by atoms with Crippen LogP contribution < -0.4 is 4.74 Å². The number of phenols is 2. The van der Waals surface area contributed by atoms with Gasteiger partial charge in [0.25, 0.3) is 0 Å². The van der Waals surface area contributed by atoms with E-state index in [-0.39, 0.29) is 24.7 Å². The number of esters is 1. The molecule has 0 unspecified atom stereocenters. The molecule has 0 saturated heterocycles. The molecule has 24 heavy (non-hydrogen) atoms. The van der Waals surface area contributed by atoms with Gasteiger partial charge in [0, 0.05) is 0 Å². The average molecular weight is 778 g/mol. The van der Waals surface area contributed by atoms with E-state index in [1.54, 1.807) is 24.3 Å². The summed E-state index contributed by atoms with van der Waals surface area (Å²) < 4.78 is 13.3. The van der Waals surface area contributed by atoms with Gasteiger partial charge >= 0.3 is 5.97 Å². The lowest BCUT2D eigenvalue weighted by atomic mass is 10.2. The largest absolute Gasteiger partial charge is 0.506 e. The monoisotopic (exact) mass is 778 g/mol. The molecule has 2 aromatic carbocycles. The van der Waals surface area contributed by atoms with Gasteiger partial charge in [-0.25, -0.2) is 4.79 Å². The standard InChI is InChI=1S/C15H10I4O5/c16-9-3-7(4-10(17)13(9)20)15(22)24-2-1-23-8-5-11(18)14(21)12(19)6-8/h3-6,20-21H,1-2H2. The van der Waals surface area contributed by atoms with Gasteiger partial charge < -0.3 is 19.7 Å². The normalized spacial score (nSPS) is 10.5. The predicted molar refractivity (Wildman–Crippen MR) is 123 cm³/mol. The van der Waals surface area contributed by atoms with Gasteiger partial charge in [0.05, 0.1) is 19.8 Å². The Balaban J connectivity index is 1.89. The predicted octanol–water partition coefficient (Wildman–Crippen LogP) is 4.75. The lowest BCUT2D eigenvalue weighted by Gasteiger charge is -2.10. The van der Waals surface area contributed by atoms with Crippen molar-refractivity contribution in [1.29, 1.82) is 0 Å². The van der Waals surface area contributed by atoms with Gasteiger partial charge in [0.2, 0.25) is 0 Å². The first-order valence-electron chi connectivity index (χ1n) is 6.45. The third-order valence-corrected chi connectivity index (χ3v) is 6.12. The molecule has 0 bridgehead atoms. The molecule has 0 aliphatic carbocycles. The highest BCUT2D eigenvalue weighted by Gasteiger charge is 2.13. The second-order valence-corrected chi connectivity index (χ2v) is 9.16. The van der Waals surface area contributed by atoms with Crippen LogP contribution in [0.15, 0.2) is 24.3 Å². The summed E-state index contributed by atoms with van der Waals surface area (Å²) in [6.45, 7) is 0.301. The molecular weight excluding hydrogens is 768 g/mol. The van der Waals surface area contributed by atoms with E-state index in [0.29, 0.717) is 25.6 Å². The molecule has 0 amide bonds. The Hall–Kier alpha value is 0.230. The van der Waals surface area contributed by atoms with Crippen molar-refractivity contribution in [3.63, 3.8) is 0 Å². The zero-order valence-corrected chi connectivity index (χ0v) is 20.5. The summed E-state index contributed by atoms with van der Waals surface area (Å²) in [5.74, 6) is 0.523. The van der Waals surface area contributed by atoms with Crippen molar-refractivity contribution in [3.8, 4) is 17.2 Å². The van der Waals surface area contributed by atoms with Crippen molar-refractivity contribution in [3.05, 3.63) is 44.1 Å². The van der Waals surface area contributed by atoms with Crippen LogP contribution in [0.1, 0.15) is 10.4 Å². The van der Waals surface area contributed by atoms with Gasteiger partial charge in [0.15, 0.2) is 0 Å². The molecule has 0 radical (unpaired) electrons. The summed E-state index contributed by atoms with van der Waals surface area (Å²) in [6.07, 6.45) is 0. The van der Waals surface area contributed by atoms with Crippen molar-refractivity contribution in [1.82, 2.24) is 0 Å². The van der Waals surface area contributed by atoms with Crippen LogP contribution in [-0.2, 0) is 4.74 Å². The van der Waals surface area contributed by atoms with E-state index < -0.39 is 5.97 Å². The lowest BCUT2D eigenvalue weighted by Crippen LogP contribution is -2.13. The minimum absolute atomic E-state index is 0.0981. The third-order valence-electron chi connectivity index (χ3n) is 2.83. The highest BCUT2D eigenvalue weighted by molar-refractivity contribution is 14.1. The number of ether oxygens (including phenoxy) is 2. The minimum atomic E-state index is -0.468. The Morgan fingerprint density at radius 3 is 1.79 bits per heavy atom. The lowest BCUT2D eigenvalue weighted by molar-refractivity contribution is 0.0450. The van der Waals surface area contributed by atoms with E-state index in [2.05, 4.69) is 0 Å². The maximum absolute atomic E-state index is 12.0. The van der Waals surface area contributed by atoms with Crippen LogP contribution >= 0.6 is 90.4 Å². The maximum Gasteiger partial charge on any atom is 0.338 e. The summed E-state index contributed by atoms with van der Waals surface area (Å²) in [7, 11) is 0. The number of phenolic OH excluding ortho intramolecular Hbond substituents is 2. The number of halogens is 4. The van der Waals surface area contributed by atoms with E-state index in [4.69, 9.17) is 9.47 Å². The molecule has 0 atom stereocenters. The van der Waals surface area contributed by atoms with Crippen molar-refractivity contribution in [2.45, 2.75) is 0 Å². The Bertz CT molecular complexity index is 732. The van der Waals surface area contributed by atoms with E-state index in [1.807, 2.05) is 90.4 Å². The number of carbonyl (C=O) groups excluding carboxylic acids is 1.